The van der Waals surface area contributed by atoms with E-state index < -0.39 is 62.9 Å². The Kier molecular flexibility index (Phi) is 9.51. The number of esters is 1. The average Bonchev–Trinajstić information content (AvgIpc) is 3.67. The van der Waals surface area contributed by atoms with E-state index in [1.54, 1.807) is 41.5 Å². The molecule has 0 radical (unpaired) electrons. The number of aromatic nitrogens is 4. The summed E-state index contributed by atoms with van der Waals surface area (Å²) in [4.78, 5) is 73.0. The van der Waals surface area contributed by atoms with E-state index in [4.69, 9.17) is 20.0 Å². The third-order valence-corrected chi connectivity index (χ3v) is 8.74. The van der Waals surface area contributed by atoms with Gasteiger partial charge in [0.05, 0.1) is 19.3 Å². The van der Waals surface area contributed by atoms with Gasteiger partial charge < -0.3 is 40.7 Å². The van der Waals surface area contributed by atoms with Gasteiger partial charge in [-0.05, 0) is 55.4 Å². The molecule has 20 heteroatoms. The lowest BCUT2D eigenvalue weighted by molar-refractivity contribution is -0.179. The number of hydrogen-bond donors (Lipinski definition) is 4. The van der Waals surface area contributed by atoms with E-state index in [1.807, 2.05) is 0 Å². The maximum atomic E-state index is 13.5. The minimum Gasteiger partial charge on any atom is -0.479 e. The first-order valence-electron chi connectivity index (χ1n) is 14.2. The number of ether oxygens (including phenoxy) is 2. The molecular formula is C27H37N9O9S2. The third kappa shape index (κ3) is 7.92. The number of fused-ring (bicyclic) bond motifs is 1. The van der Waals surface area contributed by atoms with Crippen molar-refractivity contribution in [1.82, 2.24) is 35.5 Å². The fourth-order valence-electron chi connectivity index (χ4n) is 4.21. The molecule has 3 amide bonds. The number of alkyl carbamates (subject to hydrolysis) is 1. The fraction of sp³-hybridized carbons (Fsp3) is 0.593. The summed E-state index contributed by atoms with van der Waals surface area (Å²) in [5.41, 5.74) is 2.55. The van der Waals surface area contributed by atoms with Gasteiger partial charge in [0.15, 0.2) is 10.8 Å². The summed E-state index contributed by atoms with van der Waals surface area (Å²) in [5, 5.41) is 28.0. The lowest BCUT2D eigenvalue weighted by Crippen LogP contribution is -2.68. The van der Waals surface area contributed by atoms with Crippen molar-refractivity contribution < 1.29 is 43.4 Å². The quantitative estimate of drug-likeness (QED) is 0.117. The van der Waals surface area contributed by atoms with E-state index in [-0.39, 0.29) is 35.3 Å². The van der Waals surface area contributed by atoms with Crippen LogP contribution in [-0.4, -0.2) is 100 Å². The number of oxime groups is 1. The van der Waals surface area contributed by atoms with Crippen molar-refractivity contribution >= 4 is 63.8 Å². The van der Waals surface area contributed by atoms with Gasteiger partial charge in [0.1, 0.15) is 34.0 Å². The molecule has 2 aromatic rings. The highest BCUT2D eigenvalue weighted by molar-refractivity contribution is 8.01. The van der Waals surface area contributed by atoms with Gasteiger partial charge in [0, 0.05) is 5.38 Å². The zero-order valence-corrected chi connectivity index (χ0v) is 28.6. The number of nitrogens with zero attached hydrogens (tertiary/aromatic N) is 6. The van der Waals surface area contributed by atoms with Gasteiger partial charge in [0.2, 0.25) is 16.4 Å². The summed E-state index contributed by atoms with van der Waals surface area (Å²) in [6, 6.07) is -1.15. The number of anilines is 1. The highest BCUT2D eigenvalue weighted by Gasteiger charge is 2.64. The molecule has 4 rings (SSSR count). The topological polar surface area (TPSA) is 243 Å². The van der Waals surface area contributed by atoms with Gasteiger partial charge in [-0.1, -0.05) is 22.1 Å². The summed E-state index contributed by atoms with van der Waals surface area (Å²) in [5.74, 6) is -3.46. The predicted octanol–water partition coefficient (Wildman–Crippen LogP) is 1.02. The van der Waals surface area contributed by atoms with Crippen LogP contribution in [0.1, 0.15) is 66.8 Å². The molecular weight excluding hydrogens is 658 g/mol. The maximum absolute atomic E-state index is 13.5. The second kappa shape index (κ2) is 12.6. The van der Waals surface area contributed by atoms with Crippen LogP contribution in [0.25, 0.3) is 0 Å². The van der Waals surface area contributed by atoms with Crippen LogP contribution >= 0.6 is 23.1 Å². The van der Waals surface area contributed by atoms with Crippen molar-refractivity contribution in [1.29, 1.82) is 0 Å². The Morgan fingerprint density at radius 2 is 1.79 bits per heavy atom. The van der Waals surface area contributed by atoms with Crippen molar-refractivity contribution in [3.63, 3.8) is 0 Å². The van der Waals surface area contributed by atoms with Crippen molar-refractivity contribution in [2.75, 3.05) is 12.3 Å². The van der Waals surface area contributed by atoms with Crippen LogP contribution in [0, 0.1) is 0 Å². The first-order chi connectivity index (χ1) is 21.6. The molecule has 18 nitrogen and oxygen atoms in total. The lowest BCUT2D eigenvalue weighted by atomic mass is 10.1. The second-order valence-electron chi connectivity index (χ2n) is 13.1. The summed E-state index contributed by atoms with van der Waals surface area (Å²) in [7, 11) is 0. The number of amides is 3. The van der Waals surface area contributed by atoms with Gasteiger partial charge >= 0.3 is 18.0 Å². The zero-order valence-electron chi connectivity index (χ0n) is 27.0. The molecule has 2 aliphatic rings. The van der Waals surface area contributed by atoms with E-state index in [1.165, 1.54) is 30.3 Å². The van der Waals surface area contributed by atoms with Crippen LogP contribution in [0.4, 0.5) is 9.93 Å². The minimum atomic E-state index is -1.78. The number of carboxylic acids is 1. The number of nitrogens with two attached hydrogens (primary N) is 1. The number of nitrogens with one attached hydrogen (secondary N) is 2. The van der Waals surface area contributed by atoms with E-state index in [0.717, 1.165) is 27.8 Å². The van der Waals surface area contributed by atoms with Crippen molar-refractivity contribution in [3.8, 4) is 0 Å². The number of hydrogen-bond acceptors (Lipinski definition) is 15. The molecule has 47 heavy (non-hydrogen) atoms. The maximum Gasteiger partial charge on any atom is 0.407 e. The summed E-state index contributed by atoms with van der Waals surface area (Å²) in [6.07, 6.45) is 0.662. The minimum absolute atomic E-state index is 0.0303. The summed E-state index contributed by atoms with van der Waals surface area (Å²) >= 11 is 1.91. The lowest BCUT2D eigenvalue weighted by Gasteiger charge is -2.41. The Morgan fingerprint density at radius 1 is 1.13 bits per heavy atom. The first kappa shape index (κ1) is 35.4. The second-order valence-corrected chi connectivity index (χ2v) is 15.4. The number of β-lactam (4-membered cyclic amide) rings is 1. The molecule has 2 saturated heterocycles. The summed E-state index contributed by atoms with van der Waals surface area (Å²) < 4.78 is 11.7. The van der Waals surface area contributed by atoms with Crippen LogP contribution in [0.15, 0.2) is 16.7 Å². The van der Waals surface area contributed by atoms with Crippen LogP contribution < -0.4 is 16.4 Å². The molecule has 4 heterocycles. The van der Waals surface area contributed by atoms with Crippen LogP contribution in [0.2, 0.25) is 0 Å². The number of thioether (sulfide) groups is 1. The average molecular weight is 696 g/mol. The number of carbonyl (C=O) groups is 5. The molecule has 0 aromatic carbocycles. The van der Waals surface area contributed by atoms with Crippen molar-refractivity contribution in [3.05, 3.63) is 23.0 Å². The number of rotatable bonds is 10. The molecule has 2 aromatic heterocycles. The Morgan fingerprint density at radius 3 is 2.36 bits per heavy atom. The predicted molar refractivity (Wildman–Crippen MR) is 168 cm³/mol. The molecule has 0 bridgehead atoms. The highest BCUT2D eigenvalue weighted by atomic mass is 32.2. The highest BCUT2D eigenvalue weighted by Crippen LogP contribution is 2.49. The molecule has 0 aliphatic carbocycles. The molecule has 2 aliphatic heterocycles. The standard InChI is InChI=1S/C27H37N9O9S2/c1-24(2,3)43-21(41)26(7,8)45-33-15(14-11-46-22(28)30-14)17(37)31-16-18(38)35-12-27(20(39)40,47-19(16)35)36-10-13(32-34-36)9-29-23(42)44-25(4,5)6/h10-11,16,19H,9,12H2,1-8H3,(H2,28,30)(H,29,42)(H,31,37)(H,39,40)/b33-15-/t16-,19-,27-/m1/s1. The smallest absolute Gasteiger partial charge is 0.407 e. The van der Waals surface area contributed by atoms with Gasteiger partial charge in [-0.2, -0.15) is 0 Å². The Bertz CT molecular complexity index is 1610. The van der Waals surface area contributed by atoms with E-state index >= 15 is 0 Å². The van der Waals surface area contributed by atoms with Crippen molar-refractivity contribution in [2.45, 2.75) is 95.0 Å². The first-order valence-corrected chi connectivity index (χ1v) is 16.0. The summed E-state index contributed by atoms with van der Waals surface area (Å²) in [6.45, 7) is 12.6. The molecule has 3 atom stereocenters. The Hall–Kier alpha value is -4.46. The number of thiazole rings is 1. The SMILES string of the molecule is CC(C)(C)OC(=O)NCc1cn([C@]2(C(=O)O)CN3C(=O)[C@@H](NC(=O)/C(=N\OC(C)(C)C(=O)OC(C)(C)C)c4csc(N)n4)[C@H]3S2)nn1. The zero-order chi connectivity index (χ0) is 35.1. The number of carbonyl (C=O) groups excluding carboxylic acids is 4. The van der Waals surface area contributed by atoms with Crippen LogP contribution in [0.3, 0.4) is 0 Å². The Balaban J connectivity index is 1.50. The molecule has 2 fully saturated rings. The van der Waals surface area contributed by atoms with Crippen molar-refractivity contribution in [2.24, 2.45) is 5.16 Å². The number of carboxylic acid groups (broad SMARTS) is 1. The van der Waals surface area contributed by atoms with Gasteiger partial charge in [-0.15, -0.1) is 16.4 Å². The van der Waals surface area contributed by atoms with E-state index in [0.29, 0.717) is 0 Å². The third-order valence-electron chi connectivity index (χ3n) is 6.42. The Labute approximate surface area is 277 Å². The van der Waals surface area contributed by atoms with E-state index in [9.17, 15) is 29.1 Å². The molecule has 0 spiro atoms. The molecule has 5 N–H and O–H groups in total. The molecule has 0 unspecified atom stereocenters. The van der Waals surface area contributed by atoms with Gasteiger partial charge in [-0.3, -0.25) is 9.59 Å². The number of aliphatic carboxylic acids is 1. The fourth-order valence-corrected chi connectivity index (χ4v) is 6.29. The van der Waals surface area contributed by atoms with Gasteiger partial charge in [0.25, 0.3) is 5.91 Å². The number of nitrogen functional groups attached to an aromatic ring is 1. The van der Waals surface area contributed by atoms with Crippen LogP contribution in [0.5, 0.6) is 0 Å². The monoisotopic (exact) mass is 695 g/mol. The molecule has 0 saturated carbocycles. The largest absolute Gasteiger partial charge is 0.479 e. The van der Waals surface area contributed by atoms with Gasteiger partial charge in [-0.25, -0.2) is 24.0 Å². The normalized spacial score (nSPS) is 21.4. The molecule has 256 valence electrons. The van der Waals surface area contributed by atoms with Crippen LogP contribution in [-0.2, 0) is 44.9 Å². The van der Waals surface area contributed by atoms with E-state index in [2.05, 4.69) is 31.1 Å².